The van der Waals surface area contributed by atoms with E-state index in [9.17, 15) is 4.79 Å². The van der Waals surface area contributed by atoms with Crippen LogP contribution in [0, 0.1) is 0 Å². The van der Waals surface area contributed by atoms with E-state index in [0.717, 1.165) is 47.0 Å². The quantitative estimate of drug-likeness (QED) is 0.567. The number of hydrogen-bond donors (Lipinski definition) is 1. The minimum Gasteiger partial charge on any atom is -0.354 e. The lowest BCUT2D eigenvalue weighted by Crippen LogP contribution is -2.45. The Kier molecular flexibility index (Phi) is 5.71. The number of nitrogens with zero attached hydrogens (tertiary/aromatic N) is 3. The molecule has 1 amide bonds. The summed E-state index contributed by atoms with van der Waals surface area (Å²) in [6.45, 7) is 1.58. The van der Waals surface area contributed by atoms with Gasteiger partial charge in [-0.25, -0.2) is 0 Å². The highest BCUT2D eigenvalue weighted by molar-refractivity contribution is 9.10. The van der Waals surface area contributed by atoms with Crippen LogP contribution in [-0.2, 0) is 0 Å². The Morgan fingerprint density at radius 2 is 1.96 bits per heavy atom. The third-order valence-corrected chi connectivity index (χ3v) is 6.24. The molecule has 0 bridgehead atoms. The van der Waals surface area contributed by atoms with Gasteiger partial charge in [-0.05, 0) is 43.2 Å². The molecule has 0 aliphatic carbocycles. The van der Waals surface area contributed by atoms with Crippen LogP contribution in [-0.4, -0.2) is 35.2 Å². The molecular weight excluding hydrogens is 463 g/mol. The Hall–Kier alpha value is -1.89. The zero-order valence-electron chi connectivity index (χ0n) is 14.8. The Morgan fingerprint density at radius 3 is 2.75 bits per heavy atom. The van der Waals surface area contributed by atoms with Gasteiger partial charge < -0.3 is 10.2 Å². The number of carbonyl (C=O) groups excluding carboxylic acids is 1. The number of aromatic nitrogens is 2. The Labute approximate surface area is 181 Å². The van der Waals surface area contributed by atoms with Crippen LogP contribution in [0.4, 0.5) is 5.82 Å². The van der Waals surface area contributed by atoms with Crippen molar-refractivity contribution in [2.24, 2.45) is 0 Å². The summed E-state index contributed by atoms with van der Waals surface area (Å²) in [5.74, 6) is 0.688. The smallest absolute Gasteiger partial charge is 0.253 e. The minimum absolute atomic E-state index is 0.0795. The number of anilines is 1. The van der Waals surface area contributed by atoms with Crippen molar-refractivity contribution in [2.75, 3.05) is 18.0 Å². The molecule has 1 aliphatic rings. The molecule has 0 unspecified atom stereocenters. The SMILES string of the molecule is O=C(NC1CCN(c2nncc3cc(Br)ccc23)CC1)c1cccc(Cl)c1Cl. The largest absolute Gasteiger partial charge is 0.354 e. The molecule has 0 spiro atoms. The number of benzene rings is 2. The van der Waals surface area contributed by atoms with Crippen molar-refractivity contribution in [1.82, 2.24) is 15.5 Å². The first kappa shape index (κ1) is 19.4. The summed E-state index contributed by atoms with van der Waals surface area (Å²) >= 11 is 15.7. The highest BCUT2D eigenvalue weighted by Gasteiger charge is 2.24. The second kappa shape index (κ2) is 8.23. The van der Waals surface area contributed by atoms with Crippen molar-refractivity contribution < 1.29 is 4.79 Å². The molecule has 1 saturated heterocycles. The molecule has 0 atom stereocenters. The zero-order chi connectivity index (χ0) is 19.7. The molecule has 8 heteroatoms. The van der Waals surface area contributed by atoms with E-state index in [1.54, 1.807) is 24.4 Å². The summed E-state index contributed by atoms with van der Waals surface area (Å²) < 4.78 is 1.01. The number of piperidine rings is 1. The number of amides is 1. The first-order chi connectivity index (χ1) is 13.5. The molecule has 1 aliphatic heterocycles. The third-order valence-electron chi connectivity index (χ3n) is 4.93. The van der Waals surface area contributed by atoms with Crippen molar-refractivity contribution >= 4 is 61.6 Å². The molecular formula is C20H17BrCl2N4O. The van der Waals surface area contributed by atoms with E-state index in [4.69, 9.17) is 23.2 Å². The van der Waals surface area contributed by atoms with Crippen LogP contribution in [0.15, 0.2) is 47.1 Å². The van der Waals surface area contributed by atoms with E-state index in [1.807, 2.05) is 12.1 Å². The highest BCUT2D eigenvalue weighted by atomic mass is 79.9. The zero-order valence-corrected chi connectivity index (χ0v) is 17.9. The van der Waals surface area contributed by atoms with Gasteiger partial charge in [-0.2, -0.15) is 5.10 Å². The second-order valence-electron chi connectivity index (χ2n) is 6.74. The number of nitrogens with one attached hydrogen (secondary N) is 1. The van der Waals surface area contributed by atoms with E-state index >= 15 is 0 Å². The maximum absolute atomic E-state index is 12.5. The molecule has 2 aromatic carbocycles. The first-order valence-electron chi connectivity index (χ1n) is 8.93. The van der Waals surface area contributed by atoms with Crippen molar-refractivity contribution in [3.63, 3.8) is 0 Å². The van der Waals surface area contributed by atoms with E-state index in [2.05, 4.69) is 42.4 Å². The fourth-order valence-corrected chi connectivity index (χ4v) is 4.22. The summed E-state index contributed by atoms with van der Waals surface area (Å²) in [5.41, 5.74) is 0.405. The van der Waals surface area contributed by atoms with Crippen LogP contribution in [0.5, 0.6) is 0 Å². The van der Waals surface area contributed by atoms with Crippen LogP contribution in [0.2, 0.25) is 10.0 Å². The molecule has 1 aromatic heterocycles. The average Bonchev–Trinajstić information content (AvgIpc) is 2.70. The fraction of sp³-hybridized carbons (Fsp3) is 0.250. The average molecular weight is 480 g/mol. The van der Waals surface area contributed by atoms with Crippen molar-refractivity contribution in [3.05, 3.63) is 62.7 Å². The number of rotatable bonds is 3. The normalized spacial score (nSPS) is 15.0. The van der Waals surface area contributed by atoms with Crippen LogP contribution >= 0.6 is 39.1 Å². The number of carbonyl (C=O) groups is 1. The van der Waals surface area contributed by atoms with Gasteiger partial charge in [0.05, 0.1) is 21.8 Å². The molecule has 5 nitrogen and oxygen atoms in total. The minimum atomic E-state index is -0.194. The van der Waals surface area contributed by atoms with E-state index in [-0.39, 0.29) is 17.0 Å². The van der Waals surface area contributed by atoms with Gasteiger partial charge >= 0.3 is 0 Å². The van der Waals surface area contributed by atoms with Crippen LogP contribution in [0.1, 0.15) is 23.2 Å². The summed E-state index contributed by atoms with van der Waals surface area (Å²) in [6, 6.07) is 11.3. The Morgan fingerprint density at radius 1 is 1.18 bits per heavy atom. The Bertz CT molecular complexity index is 1040. The predicted molar refractivity (Wildman–Crippen MR) is 116 cm³/mol. The van der Waals surface area contributed by atoms with Gasteiger partial charge in [0.2, 0.25) is 0 Å². The van der Waals surface area contributed by atoms with Crippen molar-refractivity contribution in [3.8, 4) is 0 Å². The monoisotopic (exact) mass is 478 g/mol. The molecule has 144 valence electrons. The Balaban J connectivity index is 1.44. The van der Waals surface area contributed by atoms with Crippen LogP contribution in [0.3, 0.4) is 0 Å². The van der Waals surface area contributed by atoms with Gasteiger partial charge in [-0.1, -0.05) is 45.2 Å². The van der Waals surface area contributed by atoms with Crippen molar-refractivity contribution in [1.29, 1.82) is 0 Å². The third kappa shape index (κ3) is 3.95. The molecule has 0 saturated carbocycles. The van der Waals surface area contributed by atoms with E-state index in [1.165, 1.54) is 0 Å². The second-order valence-corrected chi connectivity index (χ2v) is 8.44. The molecule has 28 heavy (non-hydrogen) atoms. The molecule has 2 heterocycles. The number of halogens is 3. The highest BCUT2D eigenvalue weighted by Crippen LogP contribution is 2.29. The lowest BCUT2D eigenvalue weighted by atomic mass is 10.0. The predicted octanol–water partition coefficient (Wildman–Crippen LogP) is 5.10. The van der Waals surface area contributed by atoms with Crippen LogP contribution in [0.25, 0.3) is 10.8 Å². The topological polar surface area (TPSA) is 58.1 Å². The summed E-state index contributed by atoms with van der Waals surface area (Å²) in [5, 5.41) is 14.4. The molecule has 0 radical (unpaired) electrons. The lowest BCUT2D eigenvalue weighted by Gasteiger charge is -2.33. The lowest BCUT2D eigenvalue weighted by molar-refractivity contribution is 0.0931. The molecule has 3 aromatic rings. The molecule has 1 N–H and O–H groups in total. The van der Waals surface area contributed by atoms with Gasteiger partial charge in [0, 0.05) is 34.4 Å². The molecule has 1 fully saturated rings. The number of hydrogen-bond acceptors (Lipinski definition) is 4. The maximum Gasteiger partial charge on any atom is 0.253 e. The molecule has 4 rings (SSSR count). The summed E-state index contributed by atoms with van der Waals surface area (Å²) in [6.07, 6.45) is 3.41. The van der Waals surface area contributed by atoms with Crippen LogP contribution < -0.4 is 10.2 Å². The number of fused-ring (bicyclic) bond motifs is 1. The van der Waals surface area contributed by atoms with E-state index < -0.39 is 0 Å². The fourth-order valence-electron chi connectivity index (χ4n) is 3.46. The summed E-state index contributed by atoms with van der Waals surface area (Å²) in [7, 11) is 0. The first-order valence-corrected chi connectivity index (χ1v) is 10.5. The summed E-state index contributed by atoms with van der Waals surface area (Å²) in [4.78, 5) is 14.8. The van der Waals surface area contributed by atoms with Gasteiger partial charge in [0.25, 0.3) is 5.91 Å². The van der Waals surface area contributed by atoms with E-state index in [0.29, 0.717) is 10.6 Å². The van der Waals surface area contributed by atoms with Gasteiger partial charge in [-0.15, -0.1) is 5.10 Å². The maximum atomic E-state index is 12.5. The van der Waals surface area contributed by atoms with Gasteiger partial charge in [-0.3, -0.25) is 4.79 Å². The van der Waals surface area contributed by atoms with Gasteiger partial charge in [0.1, 0.15) is 0 Å². The van der Waals surface area contributed by atoms with Crippen molar-refractivity contribution in [2.45, 2.75) is 18.9 Å². The standard InChI is InChI=1S/C20H17BrCl2N4O/c21-13-4-5-15-12(10-13)11-24-26-19(15)27-8-6-14(7-9-27)25-20(28)16-2-1-3-17(22)18(16)23/h1-5,10-11,14H,6-9H2,(H,25,28). The van der Waals surface area contributed by atoms with Gasteiger partial charge in [0.15, 0.2) is 5.82 Å².